The Bertz CT molecular complexity index is 994. The number of carbonyl (C=O) groups excluding carboxylic acids is 1. The molecule has 2 aromatic rings. The van der Waals surface area contributed by atoms with E-state index in [0.717, 1.165) is 10.6 Å². The second kappa shape index (κ2) is 8.57. The Morgan fingerprint density at radius 1 is 1.00 bits per heavy atom. The van der Waals surface area contributed by atoms with Crippen molar-refractivity contribution in [1.29, 1.82) is 0 Å². The molecule has 28 heavy (non-hydrogen) atoms. The molecule has 0 saturated heterocycles. The van der Waals surface area contributed by atoms with Gasteiger partial charge in [-0.3, -0.25) is 9.10 Å². The fourth-order valence-corrected chi connectivity index (χ4v) is 3.14. The first-order valence-electron chi connectivity index (χ1n) is 7.97. The third-order valence-electron chi connectivity index (χ3n) is 4.01. The van der Waals surface area contributed by atoms with E-state index >= 15 is 0 Å². The molecule has 0 spiro atoms. The fourth-order valence-electron chi connectivity index (χ4n) is 2.41. The van der Waals surface area contributed by atoms with E-state index in [9.17, 15) is 13.2 Å². The van der Waals surface area contributed by atoms with Crippen LogP contribution in [0.25, 0.3) is 0 Å². The van der Waals surface area contributed by atoms with Crippen molar-refractivity contribution in [3.63, 3.8) is 0 Å². The topological polar surface area (TPSA) is 94.2 Å². The molecule has 0 aromatic heterocycles. The van der Waals surface area contributed by atoms with Crippen LogP contribution in [0.15, 0.2) is 30.3 Å². The van der Waals surface area contributed by atoms with Gasteiger partial charge in [0, 0.05) is 19.2 Å². The molecule has 10 heteroatoms. The predicted octanol–water partition coefficient (Wildman–Crippen LogP) is 3.01. The lowest BCUT2D eigenvalue weighted by molar-refractivity contribution is 0.102. The van der Waals surface area contributed by atoms with Crippen molar-refractivity contribution in [1.82, 2.24) is 0 Å². The molecule has 0 saturated carbocycles. The summed E-state index contributed by atoms with van der Waals surface area (Å²) in [6.45, 7) is 0. The van der Waals surface area contributed by atoms with Gasteiger partial charge in [0.05, 0.1) is 49.5 Å². The standard InChI is InChI=1S/C18H21ClN2O6S/c1-21(28(5,23)24)11-6-7-15(25-2)12(8-11)18(22)20-14-10-16(26-3)13(19)9-17(14)27-4/h6-10H,1-5H3,(H,20,22). The van der Waals surface area contributed by atoms with Gasteiger partial charge in [0.15, 0.2) is 0 Å². The smallest absolute Gasteiger partial charge is 0.259 e. The number of nitrogens with zero attached hydrogens (tertiary/aromatic N) is 1. The molecular formula is C18H21ClN2O6S. The molecule has 0 bridgehead atoms. The van der Waals surface area contributed by atoms with Crippen LogP contribution in [0, 0.1) is 0 Å². The van der Waals surface area contributed by atoms with Gasteiger partial charge >= 0.3 is 0 Å². The third kappa shape index (κ3) is 4.60. The minimum absolute atomic E-state index is 0.145. The molecule has 152 valence electrons. The molecule has 2 aromatic carbocycles. The van der Waals surface area contributed by atoms with Crippen LogP contribution in [0.2, 0.25) is 5.02 Å². The van der Waals surface area contributed by atoms with Crippen molar-refractivity contribution in [2.45, 2.75) is 0 Å². The first-order chi connectivity index (χ1) is 13.1. The summed E-state index contributed by atoms with van der Waals surface area (Å²) in [6.07, 6.45) is 1.07. The molecule has 0 heterocycles. The Morgan fingerprint density at radius 3 is 2.14 bits per heavy atom. The number of nitrogens with one attached hydrogen (secondary N) is 1. The van der Waals surface area contributed by atoms with Gasteiger partial charge in [0.1, 0.15) is 17.2 Å². The highest BCUT2D eigenvalue weighted by atomic mass is 35.5. The summed E-state index contributed by atoms with van der Waals surface area (Å²) in [5.41, 5.74) is 0.790. The van der Waals surface area contributed by atoms with Gasteiger partial charge < -0.3 is 19.5 Å². The van der Waals surface area contributed by atoms with E-state index in [1.54, 1.807) is 6.07 Å². The minimum Gasteiger partial charge on any atom is -0.496 e. The summed E-state index contributed by atoms with van der Waals surface area (Å²) in [4.78, 5) is 12.9. The summed E-state index contributed by atoms with van der Waals surface area (Å²) < 4.78 is 40.3. The van der Waals surface area contributed by atoms with Crippen molar-refractivity contribution < 1.29 is 27.4 Å². The van der Waals surface area contributed by atoms with Gasteiger partial charge in [0.2, 0.25) is 10.0 Å². The van der Waals surface area contributed by atoms with Crippen molar-refractivity contribution in [3.05, 3.63) is 40.9 Å². The number of ether oxygens (including phenoxy) is 3. The van der Waals surface area contributed by atoms with E-state index in [1.165, 1.54) is 52.6 Å². The number of methoxy groups -OCH3 is 3. The second-order valence-corrected chi connectivity index (χ2v) is 8.18. The normalized spacial score (nSPS) is 10.9. The number of amides is 1. The Kier molecular flexibility index (Phi) is 6.63. The van der Waals surface area contributed by atoms with E-state index in [1.807, 2.05) is 0 Å². The summed E-state index contributed by atoms with van der Waals surface area (Å²) in [7, 11) is 2.21. The predicted molar refractivity (Wildman–Crippen MR) is 109 cm³/mol. The van der Waals surface area contributed by atoms with E-state index in [2.05, 4.69) is 5.32 Å². The lowest BCUT2D eigenvalue weighted by Gasteiger charge is -2.19. The van der Waals surface area contributed by atoms with Gasteiger partial charge in [-0.25, -0.2) is 8.42 Å². The van der Waals surface area contributed by atoms with E-state index in [0.29, 0.717) is 27.9 Å². The molecule has 0 aliphatic heterocycles. The maximum Gasteiger partial charge on any atom is 0.259 e. The summed E-state index contributed by atoms with van der Waals surface area (Å²) in [6, 6.07) is 7.53. The van der Waals surface area contributed by atoms with Crippen molar-refractivity contribution in [2.24, 2.45) is 0 Å². The van der Waals surface area contributed by atoms with Gasteiger partial charge in [0.25, 0.3) is 5.91 Å². The number of anilines is 2. The fraction of sp³-hybridized carbons (Fsp3) is 0.278. The lowest BCUT2D eigenvalue weighted by atomic mass is 10.1. The molecule has 0 aliphatic rings. The molecule has 0 fully saturated rings. The monoisotopic (exact) mass is 428 g/mol. The van der Waals surface area contributed by atoms with Crippen molar-refractivity contribution in [2.75, 3.05) is 44.3 Å². The maximum absolute atomic E-state index is 12.9. The molecule has 1 amide bonds. The van der Waals surface area contributed by atoms with Crippen LogP contribution in [-0.4, -0.2) is 49.0 Å². The summed E-state index contributed by atoms with van der Waals surface area (Å²) >= 11 is 6.08. The Balaban J connectivity index is 2.46. The van der Waals surface area contributed by atoms with Gasteiger partial charge in [-0.05, 0) is 18.2 Å². The van der Waals surface area contributed by atoms with Crippen LogP contribution in [0.1, 0.15) is 10.4 Å². The number of halogens is 1. The van der Waals surface area contributed by atoms with E-state index in [-0.39, 0.29) is 11.3 Å². The number of benzene rings is 2. The molecule has 8 nitrogen and oxygen atoms in total. The number of carbonyl (C=O) groups is 1. The van der Waals surface area contributed by atoms with Gasteiger partial charge in [-0.1, -0.05) is 11.6 Å². The average Bonchev–Trinajstić information content (AvgIpc) is 2.66. The highest BCUT2D eigenvalue weighted by molar-refractivity contribution is 7.92. The number of hydrogen-bond donors (Lipinski definition) is 1. The number of hydrogen-bond acceptors (Lipinski definition) is 6. The van der Waals surface area contributed by atoms with Crippen LogP contribution < -0.4 is 23.8 Å². The molecule has 2 rings (SSSR count). The zero-order chi connectivity index (χ0) is 21.1. The summed E-state index contributed by atoms with van der Waals surface area (Å²) in [5, 5.41) is 3.03. The van der Waals surface area contributed by atoms with Crippen LogP contribution in [-0.2, 0) is 10.0 Å². The SMILES string of the molecule is COc1cc(NC(=O)c2cc(N(C)S(C)(=O)=O)ccc2OC)c(OC)cc1Cl. The largest absolute Gasteiger partial charge is 0.496 e. The van der Waals surface area contributed by atoms with Crippen molar-refractivity contribution in [3.8, 4) is 17.2 Å². The molecule has 0 aliphatic carbocycles. The molecule has 0 atom stereocenters. The van der Waals surface area contributed by atoms with Crippen LogP contribution >= 0.6 is 11.6 Å². The summed E-state index contributed by atoms with van der Waals surface area (Å²) in [5.74, 6) is 0.448. The first-order valence-corrected chi connectivity index (χ1v) is 10.2. The highest BCUT2D eigenvalue weighted by Crippen LogP contribution is 2.36. The average molecular weight is 429 g/mol. The maximum atomic E-state index is 12.9. The number of sulfonamides is 1. The number of rotatable bonds is 7. The highest BCUT2D eigenvalue weighted by Gasteiger charge is 2.20. The molecule has 0 radical (unpaired) electrons. The third-order valence-corrected chi connectivity index (χ3v) is 5.51. The Morgan fingerprint density at radius 2 is 1.61 bits per heavy atom. The van der Waals surface area contributed by atoms with E-state index in [4.69, 9.17) is 25.8 Å². The van der Waals surface area contributed by atoms with Crippen LogP contribution in [0.4, 0.5) is 11.4 Å². The van der Waals surface area contributed by atoms with E-state index < -0.39 is 15.9 Å². The Hall–Kier alpha value is -2.65. The quantitative estimate of drug-likeness (QED) is 0.728. The molecule has 0 unspecified atom stereocenters. The lowest BCUT2D eigenvalue weighted by Crippen LogP contribution is -2.25. The minimum atomic E-state index is -3.49. The Labute approximate surface area is 169 Å². The van der Waals surface area contributed by atoms with Crippen LogP contribution in [0.5, 0.6) is 17.2 Å². The van der Waals surface area contributed by atoms with Crippen molar-refractivity contribution >= 4 is 38.9 Å². The molecular weight excluding hydrogens is 408 g/mol. The van der Waals surface area contributed by atoms with Gasteiger partial charge in [-0.2, -0.15) is 0 Å². The zero-order valence-corrected chi connectivity index (χ0v) is 17.6. The zero-order valence-electron chi connectivity index (χ0n) is 16.1. The van der Waals surface area contributed by atoms with Crippen LogP contribution in [0.3, 0.4) is 0 Å². The van der Waals surface area contributed by atoms with Gasteiger partial charge in [-0.15, -0.1) is 0 Å². The molecule has 1 N–H and O–H groups in total. The second-order valence-electron chi connectivity index (χ2n) is 5.76. The first kappa shape index (κ1) is 21.6.